The highest BCUT2D eigenvalue weighted by Crippen LogP contribution is 2.31. The number of nitrogens with zero attached hydrogens (tertiary/aromatic N) is 3. The van der Waals surface area contributed by atoms with Gasteiger partial charge in [-0.3, -0.25) is 14.5 Å². The lowest BCUT2D eigenvalue weighted by Gasteiger charge is -2.27. The van der Waals surface area contributed by atoms with Crippen LogP contribution < -0.4 is 10.3 Å². The van der Waals surface area contributed by atoms with Crippen molar-refractivity contribution in [2.75, 3.05) is 38.4 Å². The number of methoxy groups -OCH3 is 1. The number of carbonyl (C=O) groups is 2. The van der Waals surface area contributed by atoms with Crippen LogP contribution in [0.15, 0.2) is 64.9 Å². The number of nitrogens with one attached hydrogen (secondary N) is 1. The first-order valence-electron chi connectivity index (χ1n) is 11.5. The quantitative estimate of drug-likeness (QED) is 0.445. The van der Waals surface area contributed by atoms with Crippen molar-refractivity contribution in [1.82, 2.24) is 10.2 Å². The van der Waals surface area contributed by atoms with E-state index in [0.717, 1.165) is 38.4 Å². The molecule has 0 unspecified atom stereocenters. The van der Waals surface area contributed by atoms with E-state index in [1.54, 1.807) is 24.3 Å². The largest absolute Gasteiger partial charge is 0.469 e. The average molecular weight is 497 g/mol. The van der Waals surface area contributed by atoms with Crippen molar-refractivity contribution in [3.05, 3.63) is 76.0 Å². The van der Waals surface area contributed by atoms with Gasteiger partial charge in [-0.15, -0.1) is 0 Å². The number of morpholine rings is 1. The molecule has 4 rings (SSSR count). The van der Waals surface area contributed by atoms with Crippen LogP contribution in [0.3, 0.4) is 0 Å². The monoisotopic (exact) mass is 496 g/mol. The highest BCUT2D eigenvalue weighted by molar-refractivity contribution is 6.37. The van der Waals surface area contributed by atoms with Gasteiger partial charge in [-0.25, -0.2) is 0 Å². The fourth-order valence-corrected chi connectivity index (χ4v) is 4.36. The Labute approximate surface area is 210 Å². The van der Waals surface area contributed by atoms with Crippen LogP contribution >= 0.6 is 11.6 Å². The summed E-state index contributed by atoms with van der Waals surface area (Å²) < 4.78 is 10.3. The van der Waals surface area contributed by atoms with Crippen molar-refractivity contribution < 1.29 is 19.1 Å². The second-order valence-electron chi connectivity index (χ2n) is 8.38. The number of anilines is 1. The number of para-hydroxylation sites is 1. The van der Waals surface area contributed by atoms with E-state index >= 15 is 0 Å². The van der Waals surface area contributed by atoms with E-state index in [2.05, 4.69) is 27.5 Å². The number of ether oxygens (including phenoxy) is 2. The molecule has 8 nitrogen and oxygen atoms in total. The minimum atomic E-state index is -0.473. The van der Waals surface area contributed by atoms with Crippen LogP contribution in [-0.4, -0.2) is 55.9 Å². The van der Waals surface area contributed by atoms with Gasteiger partial charge in [-0.2, -0.15) is 10.1 Å². The van der Waals surface area contributed by atoms with E-state index in [4.69, 9.17) is 21.1 Å². The van der Waals surface area contributed by atoms with E-state index < -0.39 is 5.97 Å². The molecule has 9 heteroatoms. The Kier molecular flexibility index (Phi) is 8.17. The number of amides is 1. The zero-order valence-electron chi connectivity index (χ0n) is 19.9. The Morgan fingerprint density at radius 2 is 1.80 bits per heavy atom. The maximum atomic E-state index is 13.4. The third-order valence-corrected chi connectivity index (χ3v) is 6.39. The normalized spacial score (nSPS) is 17.9. The molecule has 0 bridgehead atoms. The number of carbonyl (C=O) groups excluding carboxylic acids is 2. The third kappa shape index (κ3) is 5.90. The van der Waals surface area contributed by atoms with E-state index in [-0.39, 0.29) is 12.3 Å². The molecule has 2 heterocycles. The molecule has 2 aromatic carbocycles. The summed E-state index contributed by atoms with van der Waals surface area (Å²) in [7, 11) is 1.31. The second kappa shape index (κ2) is 11.5. The first-order valence-corrected chi connectivity index (χ1v) is 11.9. The molecule has 0 aromatic heterocycles. The number of allylic oxidation sites excluding steroid dienone is 1. The van der Waals surface area contributed by atoms with Crippen LogP contribution in [0.1, 0.15) is 24.5 Å². The molecule has 2 aliphatic heterocycles. The maximum Gasteiger partial charge on any atom is 0.311 e. The Balaban J connectivity index is 1.56. The summed E-state index contributed by atoms with van der Waals surface area (Å²) in [4.78, 5) is 27.8. The highest BCUT2D eigenvalue weighted by Gasteiger charge is 2.35. The molecule has 0 aliphatic carbocycles. The smallest absolute Gasteiger partial charge is 0.311 e. The van der Waals surface area contributed by atoms with E-state index in [1.807, 2.05) is 19.1 Å². The maximum absolute atomic E-state index is 13.4. The minimum Gasteiger partial charge on any atom is -0.469 e. The number of benzene rings is 2. The molecule has 0 atom stereocenters. The molecule has 0 saturated carbocycles. The zero-order valence-corrected chi connectivity index (χ0v) is 20.7. The van der Waals surface area contributed by atoms with Gasteiger partial charge in [0.25, 0.3) is 5.91 Å². The molecule has 1 amide bonds. The van der Waals surface area contributed by atoms with E-state index in [9.17, 15) is 9.59 Å². The van der Waals surface area contributed by atoms with Crippen LogP contribution in [0.25, 0.3) is 0 Å². The highest BCUT2D eigenvalue weighted by atomic mass is 35.5. The summed E-state index contributed by atoms with van der Waals surface area (Å²) >= 11 is 6.32. The number of rotatable bonds is 8. The Bertz CT molecular complexity index is 1160. The van der Waals surface area contributed by atoms with E-state index in [1.165, 1.54) is 17.7 Å². The molecular weight excluding hydrogens is 468 g/mol. The van der Waals surface area contributed by atoms with Gasteiger partial charge in [-0.05, 0) is 30.2 Å². The average Bonchev–Trinajstić information content (AvgIpc) is 3.19. The lowest BCUT2D eigenvalue weighted by atomic mass is 10.0. The van der Waals surface area contributed by atoms with Gasteiger partial charge in [0.05, 0.1) is 48.7 Å². The summed E-state index contributed by atoms with van der Waals surface area (Å²) in [5, 5.41) is 9.46. The van der Waals surface area contributed by atoms with Gasteiger partial charge in [0.1, 0.15) is 0 Å². The van der Waals surface area contributed by atoms with Gasteiger partial charge in [0.15, 0.2) is 0 Å². The van der Waals surface area contributed by atoms with Crippen LogP contribution in [0.2, 0.25) is 5.02 Å². The Morgan fingerprint density at radius 3 is 2.51 bits per heavy atom. The van der Waals surface area contributed by atoms with Gasteiger partial charge < -0.3 is 14.8 Å². The Morgan fingerprint density at radius 1 is 1.11 bits per heavy atom. The van der Waals surface area contributed by atoms with Crippen molar-refractivity contribution >= 4 is 34.9 Å². The third-order valence-electron chi connectivity index (χ3n) is 6.07. The van der Waals surface area contributed by atoms with Crippen molar-refractivity contribution in [2.45, 2.75) is 26.4 Å². The summed E-state index contributed by atoms with van der Waals surface area (Å²) in [6, 6.07) is 15.2. The summed E-state index contributed by atoms with van der Waals surface area (Å²) in [5.41, 5.74) is 4.14. The van der Waals surface area contributed by atoms with Gasteiger partial charge >= 0.3 is 5.97 Å². The minimum absolute atomic E-state index is 0.120. The molecule has 1 N–H and O–H groups in total. The number of hydrogen-bond donors (Lipinski definition) is 1. The summed E-state index contributed by atoms with van der Waals surface area (Å²) in [6.45, 7) is 6.50. The molecule has 35 heavy (non-hydrogen) atoms. The number of halogens is 1. The van der Waals surface area contributed by atoms with Gasteiger partial charge in [-0.1, -0.05) is 48.0 Å². The fraction of sp³-hybridized carbons (Fsp3) is 0.346. The van der Waals surface area contributed by atoms with Crippen LogP contribution in [0.5, 0.6) is 0 Å². The lowest BCUT2D eigenvalue weighted by Crippen LogP contribution is -2.36. The topological polar surface area (TPSA) is 83.5 Å². The van der Waals surface area contributed by atoms with Crippen molar-refractivity contribution in [3.8, 4) is 0 Å². The van der Waals surface area contributed by atoms with Crippen molar-refractivity contribution in [2.24, 2.45) is 5.10 Å². The predicted molar refractivity (Wildman–Crippen MR) is 135 cm³/mol. The summed E-state index contributed by atoms with van der Waals surface area (Å²) in [6.07, 6.45) is -0.120. The molecular formula is C26H29ClN4O4. The first kappa shape index (κ1) is 24.9. The summed E-state index contributed by atoms with van der Waals surface area (Å²) in [5.74, 6) is -0.817. The molecule has 1 fully saturated rings. The Hall–Kier alpha value is -3.20. The van der Waals surface area contributed by atoms with E-state index in [0.29, 0.717) is 34.2 Å². The lowest BCUT2D eigenvalue weighted by molar-refractivity contribution is -0.139. The molecule has 2 aromatic rings. The van der Waals surface area contributed by atoms with Crippen molar-refractivity contribution in [1.29, 1.82) is 0 Å². The molecule has 1 saturated heterocycles. The second-order valence-corrected chi connectivity index (χ2v) is 8.79. The molecule has 2 aliphatic rings. The fourth-order valence-electron chi connectivity index (χ4n) is 4.14. The van der Waals surface area contributed by atoms with Crippen LogP contribution in [0, 0.1) is 0 Å². The van der Waals surface area contributed by atoms with Gasteiger partial charge in [0, 0.05) is 31.9 Å². The molecule has 184 valence electrons. The molecule has 0 spiro atoms. The molecule has 0 radical (unpaired) electrons. The van der Waals surface area contributed by atoms with Crippen molar-refractivity contribution in [3.63, 3.8) is 0 Å². The van der Waals surface area contributed by atoms with Crippen LogP contribution in [0.4, 0.5) is 5.69 Å². The van der Waals surface area contributed by atoms with Crippen LogP contribution in [-0.2, 0) is 32.2 Å². The number of hydrazone groups is 1. The standard InChI is InChI=1S/C26H29ClN4O4/c1-18(28-16-19-7-3-4-8-20(19)17-30-11-13-35-14-12-30)25-22(15-24(32)34-2)29-31(26(25)33)23-10-6-5-9-21(23)27/h3-10,28H,11-17H2,1-2H3/b25-18+. The number of hydrogen-bond acceptors (Lipinski definition) is 7. The predicted octanol–water partition coefficient (Wildman–Crippen LogP) is 3.50. The van der Waals surface area contributed by atoms with Gasteiger partial charge in [0.2, 0.25) is 0 Å². The SMILES string of the molecule is COC(=O)CC1=NN(c2ccccc2Cl)C(=O)/C1=C(\C)NCc1ccccc1CN1CCOCC1. The number of esters is 1. The zero-order chi connectivity index (χ0) is 24.8. The first-order chi connectivity index (χ1) is 17.0.